The van der Waals surface area contributed by atoms with Crippen molar-refractivity contribution in [3.05, 3.63) is 52.9 Å². The van der Waals surface area contributed by atoms with Gasteiger partial charge in [-0.2, -0.15) is 0 Å². The van der Waals surface area contributed by atoms with Crippen molar-refractivity contribution in [2.75, 3.05) is 11.6 Å². The fraction of sp³-hybridized carbons (Fsp3) is 0.111. The summed E-state index contributed by atoms with van der Waals surface area (Å²) < 4.78 is 1.32. The molecule has 0 aliphatic heterocycles. The van der Waals surface area contributed by atoms with Gasteiger partial charge in [0.15, 0.2) is 5.13 Å². The maximum atomic E-state index is 4.75. The van der Waals surface area contributed by atoms with Gasteiger partial charge in [0.05, 0.1) is 27.3 Å². The quantitative estimate of drug-likeness (QED) is 0.435. The van der Waals surface area contributed by atoms with E-state index in [1.54, 1.807) is 23.1 Å². The average molecular weight is 370 g/mol. The van der Waals surface area contributed by atoms with Gasteiger partial charge in [-0.1, -0.05) is 18.2 Å². The summed E-state index contributed by atoms with van der Waals surface area (Å²) in [6.45, 7) is 2.14. The van der Waals surface area contributed by atoms with E-state index in [2.05, 4.69) is 47.1 Å². The second-order valence-corrected chi connectivity index (χ2v) is 8.53. The number of fused-ring (bicyclic) bond motifs is 1. The van der Waals surface area contributed by atoms with Crippen molar-refractivity contribution < 1.29 is 0 Å². The first kappa shape index (κ1) is 15.6. The Morgan fingerprint density at radius 2 is 2.04 bits per heavy atom. The Morgan fingerprint density at radius 3 is 2.92 bits per heavy atom. The van der Waals surface area contributed by atoms with Gasteiger partial charge in [-0.3, -0.25) is 4.98 Å². The highest BCUT2D eigenvalue weighted by molar-refractivity contribution is 8.00. The third-order valence-corrected chi connectivity index (χ3v) is 6.57. The summed E-state index contributed by atoms with van der Waals surface area (Å²) in [5, 5.41) is 7.49. The number of aromatic nitrogens is 2. The van der Waals surface area contributed by atoms with E-state index in [9.17, 15) is 0 Å². The van der Waals surface area contributed by atoms with Crippen molar-refractivity contribution in [3.63, 3.8) is 0 Å². The molecular formula is C18H15N3S3. The Hall–Kier alpha value is -1.89. The molecule has 0 unspecified atom stereocenters. The van der Waals surface area contributed by atoms with E-state index >= 15 is 0 Å². The van der Waals surface area contributed by atoms with Crippen LogP contribution in [-0.2, 0) is 0 Å². The summed E-state index contributed by atoms with van der Waals surface area (Å²) in [6, 6.07) is 12.4. The molecule has 0 saturated heterocycles. The first-order chi connectivity index (χ1) is 11.7. The van der Waals surface area contributed by atoms with E-state index in [0.29, 0.717) is 0 Å². The lowest BCUT2D eigenvalue weighted by Crippen LogP contribution is -1.91. The molecule has 120 valence electrons. The molecule has 0 aliphatic rings. The highest BCUT2D eigenvalue weighted by Crippen LogP contribution is 2.38. The number of thiazole rings is 1. The van der Waals surface area contributed by atoms with Crippen molar-refractivity contribution >= 4 is 56.2 Å². The van der Waals surface area contributed by atoms with Crippen LogP contribution in [0.3, 0.4) is 0 Å². The molecule has 3 aromatic heterocycles. The minimum absolute atomic E-state index is 0.887. The number of benzene rings is 1. The van der Waals surface area contributed by atoms with Crippen LogP contribution in [0.2, 0.25) is 0 Å². The van der Waals surface area contributed by atoms with Crippen LogP contribution < -0.4 is 5.32 Å². The molecule has 0 radical (unpaired) electrons. The highest BCUT2D eigenvalue weighted by Gasteiger charge is 2.12. The summed E-state index contributed by atoms with van der Waals surface area (Å²) in [5.41, 5.74) is 4.22. The molecule has 0 fully saturated rings. The Morgan fingerprint density at radius 1 is 1.17 bits per heavy atom. The van der Waals surface area contributed by atoms with E-state index < -0.39 is 0 Å². The Labute approximate surface area is 152 Å². The number of thiophene rings is 1. The first-order valence-corrected chi connectivity index (χ1v) is 10.4. The molecule has 4 rings (SSSR count). The summed E-state index contributed by atoms with van der Waals surface area (Å²) in [6.07, 6.45) is 3.96. The maximum Gasteiger partial charge on any atom is 0.187 e. The number of thioether (sulfide) groups is 1. The summed E-state index contributed by atoms with van der Waals surface area (Å²) >= 11 is 5.22. The lowest BCUT2D eigenvalue weighted by molar-refractivity contribution is 1.35. The molecule has 0 bridgehead atoms. The van der Waals surface area contributed by atoms with E-state index in [1.165, 1.54) is 14.6 Å². The first-order valence-electron chi connectivity index (χ1n) is 7.45. The minimum Gasteiger partial charge on any atom is -0.330 e. The summed E-state index contributed by atoms with van der Waals surface area (Å²) in [5.74, 6) is 0. The minimum atomic E-state index is 0.887. The SMILES string of the molecule is CSc1sc(C)cc1-c1csc(Nc2cnc3ccccc3c2)n1. The topological polar surface area (TPSA) is 37.8 Å². The number of hydrogen-bond acceptors (Lipinski definition) is 6. The van der Waals surface area contributed by atoms with Crippen LogP contribution in [-0.4, -0.2) is 16.2 Å². The highest BCUT2D eigenvalue weighted by atomic mass is 32.2. The van der Waals surface area contributed by atoms with Gasteiger partial charge in [0.25, 0.3) is 0 Å². The molecule has 1 aromatic carbocycles. The monoisotopic (exact) mass is 369 g/mol. The molecule has 0 amide bonds. The van der Waals surface area contributed by atoms with Crippen LogP contribution in [0, 0.1) is 6.92 Å². The van der Waals surface area contributed by atoms with E-state index in [0.717, 1.165) is 27.4 Å². The number of rotatable bonds is 4. The third-order valence-electron chi connectivity index (χ3n) is 3.63. The molecule has 0 saturated carbocycles. The predicted octanol–water partition coefficient (Wildman–Crippen LogP) is 6.19. The number of pyridine rings is 1. The summed E-state index contributed by atoms with van der Waals surface area (Å²) in [7, 11) is 0. The Bertz CT molecular complexity index is 1000. The molecule has 0 spiro atoms. The van der Waals surface area contributed by atoms with Gasteiger partial charge < -0.3 is 5.32 Å². The molecule has 6 heteroatoms. The standard InChI is InChI=1S/C18H15N3S3/c1-11-7-14(17(22-2)24-11)16-10-23-18(21-16)20-13-8-12-5-3-4-6-15(12)19-9-13/h3-10H,1-2H3,(H,20,21). The van der Waals surface area contributed by atoms with E-state index in [1.807, 2.05) is 35.7 Å². The van der Waals surface area contributed by atoms with E-state index in [4.69, 9.17) is 4.98 Å². The summed E-state index contributed by atoms with van der Waals surface area (Å²) in [4.78, 5) is 10.6. The van der Waals surface area contributed by atoms with Crippen molar-refractivity contribution in [3.8, 4) is 11.3 Å². The van der Waals surface area contributed by atoms with Gasteiger partial charge in [-0.15, -0.1) is 34.4 Å². The molecule has 3 heterocycles. The lowest BCUT2D eigenvalue weighted by atomic mass is 10.2. The van der Waals surface area contributed by atoms with Crippen LogP contribution in [0.25, 0.3) is 22.2 Å². The molecule has 0 atom stereocenters. The number of aryl methyl sites for hydroxylation is 1. The van der Waals surface area contributed by atoms with Crippen molar-refractivity contribution in [2.24, 2.45) is 0 Å². The molecule has 3 nitrogen and oxygen atoms in total. The lowest BCUT2D eigenvalue weighted by Gasteiger charge is -2.03. The second kappa shape index (κ2) is 6.55. The van der Waals surface area contributed by atoms with Crippen LogP contribution in [0.4, 0.5) is 10.8 Å². The molecule has 0 aliphatic carbocycles. The van der Waals surface area contributed by atoms with Gasteiger partial charge in [0.1, 0.15) is 0 Å². The van der Waals surface area contributed by atoms with Crippen molar-refractivity contribution in [1.82, 2.24) is 9.97 Å². The van der Waals surface area contributed by atoms with Crippen LogP contribution >= 0.6 is 34.4 Å². The number of hydrogen-bond donors (Lipinski definition) is 1. The zero-order valence-corrected chi connectivity index (χ0v) is 15.7. The maximum absolute atomic E-state index is 4.75. The van der Waals surface area contributed by atoms with Gasteiger partial charge in [0.2, 0.25) is 0 Å². The van der Waals surface area contributed by atoms with Crippen LogP contribution in [0.15, 0.2) is 52.2 Å². The van der Waals surface area contributed by atoms with Gasteiger partial charge >= 0.3 is 0 Å². The Kier molecular flexibility index (Phi) is 4.26. The fourth-order valence-corrected chi connectivity index (χ4v) is 5.13. The van der Waals surface area contributed by atoms with Crippen molar-refractivity contribution in [2.45, 2.75) is 11.1 Å². The zero-order chi connectivity index (χ0) is 16.5. The van der Waals surface area contributed by atoms with Gasteiger partial charge in [0, 0.05) is 21.2 Å². The van der Waals surface area contributed by atoms with E-state index in [-0.39, 0.29) is 0 Å². The zero-order valence-electron chi connectivity index (χ0n) is 13.2. The molecule has 1 N–H and O–H groups in total. The van der Waals surface area contributed by atoms with Gasteiger partial charge in [-0.05, 0) is 31.4 Å². The van der Waals surface area contributed by atoms with Gasteiger partial charge in [-0.25, -0.2) is 4.98 Å². The fourth-order valence-electron chi connectivity index (χ4n) is 2.54. The predicted molar refractivity (Wildman–Crippen MR) is 107 cm³/mol. The normalized spacial score (nSPS) is 11.1. The van der Waals surface area contributed by atoms with Crippen molar-refractivity contribution in [1.29, 1.82) is 0 Å². The average Bonchev–Trinajstić information content (AvgIpc) is 3.20. The molecule has 4 aromatic rings. The third kappa shape index (κ3) is 3.05. The second-order valence-electron chi connectivity index (χ2n) is 5.34. The molecule has 24 heavy (non-hydrogen) atoms. The van der Waals surface area contributed by atoms with Crippen LogP contribution in [0.1, 0.15) is 4.88 Å². The number of nitrogens with one attached hydrogen (secondary N) is 1. The van der Waals surface area contributed by atoms with Crippen LogP contribution in [0.5, 0.6) is 0 Å². The number of nitrogens with zero attached hydrogens (tertiary/aromatic N) is 2. The Balaban J connectivity index is 1.62. The molecular weight excluding hydrogens is 354 g/mol. The smallest absolute Gasteiger partial charge is 0.187 e. The largest absolute Gasteiger partial charge is 0.330 e. The number of para-hydroxylation sites is 1. The number of anilines is 2.